The number of ether oxygens (including phenoxy) is 1. The topological polar surface area (TPSA) is 32.7 Å². The number of piperidine rings is 1. The molecule has 1 N–H and O–H groups in total. The van der Waals surface area contributed by atoms with Gasteiger partial charge in [0.25, 0.3) is 0 Å². The summed E-state index contributed by atoms with van der Waals surface area (Å²) in [6, 6.07) is 2.13. The highest BCUT2D eigenvalue weighted by Gasteiger charge is 2.20. The van der Waals surface area contributed by atoms with Crippen molar-refractivity contribution in [1.29, 1.82) is 0 Å². The van der Waals surface area contributed by atoms with Crippen molar-refractivity contribution in [2.24, 2.45) is 5.92 Å². The molecule has 0 saturated carbocycles. The molecule has 1 aliphatic rings. The molecule has 0 spiro atoms. The van der Waals surface area contributed by atoms with E-state index in [0.717, 1.165) is 25.3 Å². The van der Waals surface area contributed by atoms with E-state index in [1.807, 2.05) is 0 Å². The maximum Gasteiger partial charge on any atom is 0.104 e. The van der Waals surface area contributed by atoms with Gasteiger partial charge in [0.05, 0.1) is 6.61 Å². The summed E-state index contributed by atoms with van der Waals surface area (Å²) >= 11 is 1.75. The Labute approximate surface area is 119 Å². The Morgan fingerprint density at radius 3 is 3.26 bits per heavy atom. The van der Waals surface area contributed by atoms with E-state index in [2.05, 4.69) is 28.2 Å². The first-order valence-electron chi connectivity index (χ1n) is 6.70. The smallest absolute Gasteiger partial charge is 0.104 e. The average molecular weight is 279 g/mol. The number of hydrogen-bond acceptors (Lipinski definition) is 4. The van der Waals surface area contributed by atoms with E-state index in [4.69, 9.17) is 9.84 Å². The van der Waals surface area contributed by atoms with Crippen LogP contribution in [0.1, 0.15) is 23.3 Å². The minimum atomic E-state index is -0.0734. The maximum absolute atomic E-state index is 8.68. The van der Waals surface area contributed by atoms with Crippen molar-refractivity contribution in [3.05, 3.63) is 21.9 Å². The molecule has 1 unspecified atom stereocenters. The number of aliphatic hydroxyl groups excluding tert-OH is 1. The van der Waals surface area contributed by atoms with E-state index >= 15 is 0 Å². The van der Waals surface area contributed by atoms with Crippen molar-refractivity contribution in [2.45, 2.75) is 19.4 Å². The molecule has 0 amide bonds. The van der Waals surface area contributed by atoms with Crippen LogP contribution in [0.5, 0.6) is 0 Å². The number of likely N-dealkylation sites (tertiary alicyclic amines) is 1. The van der Waals surface area contributed by atoms with Crippen LogP contribution in [0.4, 0.5) is 0 Å². The summed E-state index contributed by atoms with van der Waals surface area (Å²) < 4.78 is 5.26. The monoisotopic (exact) mass is 279 g/mol. The minimum Gasteiger partial charge on any atom is -0.384 e. The highest BCUT2D eigenvalue weighted by Crippen LogP contribution is 2.21. The molecule has 1 aromatic rings. The largest absolute Gasteiger partial charge is 0.384 e. The summed E-state index contributed by atoms with van der Waals surface area (Å²) in [6.45, 7) is 4.11. The molecular weight excluding hydrogens is 258 g/mol. The molecule has 1 saturated heterocycles. The average Bonchev–Trinajstić information content (AvgIpc) is 2.85. The molecule has 0 bridgehead atoms. The van der Waals surface area contributed by atoms with Crippen LogP contribution in [0, 0.1) is 17.8 Å². The van der Waals surface area contributed by atoms with Crippen LogP contribution >= 0.6 is 11.3 Å². The second kappa shape index (κ2) is 7.66. The first kappa shape index (κ1) is 14.5. The quantitative estimate of drug-likeness (QED) is 0.855. The first-order chi connectivity index (χ1) is 9.31. The second-order valence-electron chi connectivity index (χ2n) is 4.96. The van der Waals surface area contributed by atoms with Gasteiger partial charge in [-0.05, 0) is 31.4 Å². The SMILES string of the molecule is COCC1CCCN(Cc2cc(C#CCO)cs2)C1. The summed E-state index contributed by atoms with van der Waals surface area (Å²) in [5, 5.41) is 10.7. The molecule has 0 aliphatic carbocycles. The van der Waals surface area contributed by atoms with Gasteiger partial charge >= 0.3 is 0 Å². The number of aliphatic hydroxyl groups is 1. The van der Waals surface area contributed by atoms with Crippen LogP contribution in [0.15, 0.2) is 11.4 Å². The van der Waals surface area contributed by atoms with E-state index < -0.39 is 0 Å². The predicted octanol–water partition coefficient (Wildman–Crippen LogP) is 1.95. The van der Waals surface area contributed by atoms with Crippen molar-refractivity contribution in [3.63, 3.8) is 0 Å². The fraction of sp³-hybridized carbons (Fsp3) is 0.600. The zero-order chi connectivity index (χ0) is 13.5. The fourth-order valence-corrected chi connectivity index (χ4v) is 3.42. The van der Waals surface area contributed by atoms with Gasteiger partial charge in [-0.2, -0.15) is 0 Å². The van der Waals surface area contributed by atoms with Crippen molar-refractivity contribution in [3.8, 4) is 11.8 Å². The van der Waals surface area contributed by atoms with Crippen molar-refractivity contribution in [2.75, 3.05) is 33.4 Å². The highest BCUT2D eigenvalue weighted by atomic mass is 32.1. The van der Waals surface area contributed by atoms with E-state index in [-0.39, 0.29) is 6.61 Å². The molecule has 2 rings (SSSR count). The lowest BCUT2D eigenvalue weighted by Gasteiger charge is -2.31. The van der Waals surface area contributed by atoms with E-state index in [9.17, 15) is 0 Å². The van der Waals surface area contributed by atoms with Gasteiger partial charge in [0.1, 0.15) is 6.61 Å². The van der Waals surface area contributed by atoms with Gasteiger partial charge in [-0.15, -0.1) is 11.3 Å². The standard InChI is InChI=1S/C15H21NO2S/c1-18-11-14-4-2-6-16(9-14)10-15-8-13(12-19-15)5-3-7-17/h8,12,14,17H,2,4,6-7,9-11H2,1H3. The summed E-state index contributed by atoms with van der Waals surface area (Å²) in [5.41, 5.74) is 1.01. The summed E-state index contributed by atoms with van der Waals surface area (Å²) in [4.78, 5) is 3.85. The Balaban J connectivity index is 1.88. The van der Waals surface area contributed by atoms with E-state index in [1.54, 1.807) is 18.4 Å². The number of nitrogens with zero attached hydrogens (tertiary/aromatic N) is 1. The van der Waals surface area contributed by atoms with Crippen molar-refractivity contribution >= 4 is 11.3 Å². The third-order valence-electron chi connectivity index (χ3n) is 3.35. The maximum atomic E-state index is 8.68. The summed E-state index contributed by atoms with van der Waals surface area (Å²) in [5.74, 6) is 6.31. The van der Waals surface area contributed by atoms with Crippen LogP contribution in [-0.2, 0) is 11.3 Å². The number of thiophene rings is 1. The number of rotatable bonds is 4. The minimum absolute atomic E-state index is 0.0734. The Morgan fingerprint density at radius 1 is 1.58 bits per heavy atom. The lowest BCUT2D eigenvalue weighted by Crippen LogP contribution is -2.36. The molecular formula is C15H21NO2S. The molecule has 2 heterocycles. The fourth-order valence-electron chi connectivity index (χ4n) is 2.56. The molecule has 0 radical (unpaired) electrons. The predicted molar refractivity (Wildman–Crippen MR) is 78.2 cm³/mol. The van der Waals surface area contributed by atoms with Gasteiger partial charge in [-0.3, -0.25) is 4.90 Å². The Bertz CT molecular complexity index is 444. The third-order valence-corrected chi connectivity index (χ3v) is 4.27. The molecule has 104 valence electrons. The van der Waals surface area contributed by atoms with Gasteiger partial charge < -0.3 is 9.84 Å². The first-order valence-corrected chi connectivity index (χ1v) is 7.58. The van der Waals surface area contributed by atoms with Gasteiger partial charge in [0, 0.05) is 36.0 Å². The van der Waals surface area contributed by atoms with Gasteiger partial charge in [0.15, 0.2) is 0 Å². The van der Waals surface area contributed by atoms with Gasteiger partial charge in [-0.1, -0.05) is 11.8 Å². The van der Waals surface area contributed by atoms with Crippen LogP contribution in [0.25, 0.3) is 0 Å². The van der Waals surface area contributed by atoms with Crippen LogP contribution in [-0.4, -0.2) is 43.4 Å². The Hall–Kier alpha value is -0.860. The number of methoxy groups -OCH3 is 1. The van der Waals surface area contributed by atoms with Crippen LogP contribution < -0.4 is 0 Å². The highest BCUT2D eigenvalue weighted by molar-refractivity contribution is 7.10. The number of hydrogen-bond donors (Lipinski definition) is 1. The molecule has 1 aliphatic heterocycles. The molecule has 1 fully saturated rings. The molecule has 4 heteroatoms. The lowest BCUT2D eigenvalue weighted by molar-refractivity contribution is 0.0878. The van der Waals surface area contributed by atoms with Crippen LogP contribution in [0.2, 0.25) is 0 Å². The Kier molecular flexibility index (Phi) is 5.87. The van der Waals surface area contributed by atoms with E-state index in [1.165, 1.54) is 24.3 Å². The van der Waals surface area contributed by atoms with Crippen molar-refractivity contribution < 1.29 is 9.84 Å². The summed E-state index contributed by atoms with van der Waals surface area (Å²) in [6.07, 6.45) is 2.54. The van der Waals surface area contributed by atoms with E-state index in [0.29, 0.717) is 5.92 Å². The second-order valence-corrected chi connectivity index (χ2v) is 5.96. The molecule has 0 aromatic carbocycles. The Morgan fingerprint density at radius 2 is 2.47 bits per heavy atom. The third kappa shape index (κ3) is 4.63. The molecule has 19 heavy (non-hydrogen) atoms. The van der Waals surface area contributed by atoms with Crippen LogP contribution in [0.3, 0.4) is 0 Å². The molecule has 1 atom stereocenters. The van der Waals surface area contributed by atoms with Gasteiger partial charge in [-0.25, -0.2) is 0 Å². The molecule has 1 aromatic heterocycles. The zero-order valence-corrected chi connectivity index (χ0v) is 12.2. The summed E-state index contributed by atoms with van der Waals surface area (Å²) in [7, 11) is 1.78. The lowest BCUT2D eigenvalue weighted by atomic mass is 9.99. The van der Waals surface area contributed by atoms with Gasteiger partial charge in [0.2, 0.25) is 0 Å². The normalized spacial score (nSPS) is 20.0. The molecule has 3 nitrogen and oxygen atoms in total. The zero-order valence-electron chi connectivity index (χ0n) is 11.4. The van der Waals surface area contributed by atoms with Crippen molar-refractivity contribution in [1.82, 2.24) is 4.90 Å².